The zero-order chi connectivity index (χ0) is 12.3. The molecule has 17 heavy (non-hydrogen) atoms. The van der Waals surface area contributed by atoms with E-state index in [9.17, 15) is 14.0 Å². The van der Waals surface area contributed by atoms with Gasteiger partial charge in [0.05, 0.1) is 0 Å². The lowest BCUT2D eigenvalue weighted by Gasteiger charge is -2.04. The summed E-state index contributed by atoms with van der Waals surface area (Å²) in [4.78, 5) is 21.0. The highest BCUT2D eigenvalue weighted by Gasteiger charge is 2.05. The van der Waals surface area contributed by atoms with Crippen LogP contribution in [0.15, 0.2) is 42.5 Å². The number of halogens is 1. The summed E-state index contributed by atoms with van der Waals surface area (Å²) in [6.45, 7) is 0. The smallest absolute Gasteiger partial charge is 0.150 e. The fourth-order valence-electron chi connectivity index (χ4n) is 1.58. The number of rotatable bonds is 3. The number of hydrogen-bond donors (Lipinski definition) is 0. The summed E-state index contributed by atoms with van der Waals surface area (Å²) in [5.74, 6) is -0.451. The van der Waals surface area contributed by atoms with Crippen molar-refractivity contribution in [3.8, 4) is 11.1 Å². The highest BCUT2D eigenvalue weighted by atomic mass is 19.1. The van der Waals surface area contributed by atoms with E-state index in [-0.39, 0.29) is 0 Å². The zero-order valence-corrected chi connectivity index (χ0v) is 8.89. The van der Waals surface area contributed by atoms with E-state index in [0.29, 0.717) is 28.5 Å². The molecule has 0 heterocycles. The highest BCUT2D eigenvalue weighted by Crippen LogP contribution is 2.23. The van der Waals surface area contributed by atoms with Crippen molar-refractivity contribution in [2.24, 2.45) is 0 Å². The van der Waals surface area contributed by atoms with Crippen LogP contribution in [-0.4, -0.2) is 12.6 Å². The third-order valence-corrected chi connectivity index (χ3v) is 2.49. The van der Waals surface area contributed by atoms with Gasteiger partial charge in [-0.3, -0.25) is 9.59 Å². The molecule has 2 nitrogen and oxygen atoms in total. The first-order chi connectivity index (χ1) is 8.24. The van der Waals surface area contributed by atoms with Gasteiger partial charge in [0.25, 0.3) is 0 Å². The summed E-state index contributed by atoms with van der Waals surface area (Å²) in [6.07, 6.45) is 1.33. The second-order valence-electron chi connectivity index (χ2n) is 3.60. The van der Waals surface area contributed by atoms with Gasteiger partial charge in [-0.15, -0.1) is 0 Å². The van der Waals surface area contributed by atoms with Crippen molar-refractivity contribution in [1.82, 2.24) is 0 Å². The molecule has 0 spiro atoms. The van der Waals surface area contributed by atoms with Gasteiger partial charge in [-0.25, -0.2) is 4.39 Å². The van der Waals surface area contributed by atoms with Crippen LogP contribution in [0.2, 0.25) is 0 Å². The van der Waals surface area contributed by atoms with Gasteiger partial charge < -0.3 is 0 Å². The van der Waals surface area contributed by atoms with E-state index in [4.69, 9.17) is 0 Å². The summed E-state index contributed by atoms with van der Waals surface area (Å²) < 4.78 is 13.7. The van der Waals surface area contributed by atoms with Crippen LogP contribution in [0.4, 0.5) is 4.39 Å². The summed E-state index contributed by atoms with van der Waals surface area (Å²) in [7, 11) is 0. The quantitative estimate of drug-likeness (QED) is 0.756. The minimum atomic E-state index is -0.451. The van der Waals surface area contributed by atoms with E-state index < -0.39 is 5.82 Å². The lowest BCUT2D eigenvalue weighted by molar-refractivity contribution is 0.111. The van der Waals surface area contributed by atoms with Gasteiger partial charge in [0.15, 0.2) is 0 Å². The van der Waals surface area contributed by atoms with Gasteiger partial charge in [0, 0.05) is 16.7 Å². The van der Waals surface area contributed by atoms with Crippen LogP contribution in [0.3, 0.4) is 0 Å². The Labute approximate surface area is 97.7 Å². The maximum absolute atomic E-state index is 13.7. The fourth-order valence-corrected chi connectivity index (χ4v) is 1.58. The lowest BCUT2D eigenvalue weighted by Crippen LogP contribution is -1.88. The number of carbonyl (C=O) groups excluding carboxylic acids is 2. The van der Waals surface area contributed by atoms with Crippen LogP contribution < -0.4 is 0 Å². The molecule has 0 aromatic heterocycles. The highest BCUT2D eigenvalue weighted by molar-refractivity contribution is 5.79. The third kappa shape index (κ3) is 2.28. The minimum absolute atomic E-state index is 0.302. The molecule has 0 unspecified atom stereocenters. The molecule has 0 saturated heterocycles. The summed E-state index contributed by atoms with van der Waals surface area (Å²) in [5.41, 5.74) is 1.92. The molecule has 0 atom stereocenters. The topological polar surface area (TPSA) is 34.1 Å². The third-order valence-electron chi connectivity index (χ3n) is 2.49. The van der Waals surface area contributed by atoms with Crippen molar-refractivity contribution >= 4 is 12.6 Å². The van der Waals surface area contributed by atoms with Crippen molar-refractivity contribution in [3.05, 3.63) is 59.4 Å². The predicted octanol–water partition coefficient (Wildman–Crippen LogP) is 3.12. The van der Waals surface area contributed by atoms with Gasteiger partial charge in [-0.05, 0) is 11.6 Å². The molecule has 0 aliphatic heterocycles. The second kappa shape index (κ2) is 4.70. The predicted molar refractivity (Wildman–Crippen MR) is 62.6 cm³/mol. The molecular formula is C14H9FO2. The van der Waals surface area contributed by atoms with E-state index in [2.05, 4.69) is 0 Å². The SMILES string of the molecule is O=Cc1ccc(-c2ccc(C=O)cc2F)cc1. The number of aldehydes is 2. The van der Waals surface area contributed by atoms with E-state index in [0.717, 1.165) is 6.29 Å². The van der Waals surface area contributed by atoms with E-state index in [1.807, 2.05) is 0 Å². The van der Waals surface area contributed by atoms with Crippen molar-refractivity contribution in [2.45, 2.75) is 0 Å². The average Bonchev–Trinajstić information content (AvgIpc) is 2.39. The fraction of sp³-hybridized carbons (Fsp3) is 0. The Morgan fingerprint density at radius 2 is 1.41 bits per heavy atom. The van der Waals surface area contributed by atoms with Gasteiger partial charge in [-0.2, -0.15) is 0 Å². The summed E-state index contributed by atoms with van der Waals surface area (Å²) >= 11 is 0. The Balaban J connectivity index is 2.45. The lowest BCUT2D eigenvalue weighted by atomic mass is 10.0. The Kier molecular flexibility index (Phi) is 3.10. The maximum atomic E-state index is 13.7. The standard InChI is InChI=1S/C14H9FO2/c15-14-7-11(9-17)3-6-13(14)12-4-1-10(8-16)2-5-12/h1-9H. The molecular weight excluding hydrogens is 219 g/mol. The molecule has 2 rings (SSSR count). The minimum Gasteiger partial charge on any atom is -0.298 e. The summed E-state index contributed by atoms with van der Waals surface area (Å²) in [6, 6.07) is 10.9. The number of hydrogen-bond acceptors (Lipinski definition) is 2. The number of benzene rings is 2. The first-order valence-corrected chi connectivity index (χ1v) is 5.05. The first-order valence-electron chi connectivity index (χ1n) is 5.05. The van der Waals surface area contributed by atoms with Gasteiger partial charge in [0.2, 0.25) is 0 Å². The normalized spacial score (nSPS) is 9.94. The molecule has 2 aromatic rings. The Morgan fingerprint density at radius 1 is 0.824 bits per heavy atom. The second-order valence-corrected chi connectivity index (χ2v) is 3.60. The molecule has 0 bridgehead atoms. The molecule has 0 N–H and O–H groups in total. The van der Waals surface area contributed by atoms with E-state index >= 15 is 0 Å². The van der Waals surface area contributed by atoms with Crippen molar-refractivity contribution in [3.63, 3.8) is 0 Å². The first kappa shape index (κ1) is 11.2. The Bertz CT molecular complexity index is 559. The Morgan fingerprint density at radius 3 is 1.94 bits per heavy atom. The van der Waals surface area contributed by atoms with Crippen LogP contribution in [0, 0.1) is 5.82 Å². The molecule has 84 valence electrons. The van der Waals surface area contributed by atoms with Crippen LogP contribution >= 0.6 is 0 Å². The van der Waals surface area contributed by atoms with Crippen LogP contribution in [0.1, 0.15) is 20.7 Å². The summed E-state index contributed by atoms with van der Waals surface area (Å²) in [5, 5.41) is 0. The van der Waals surface area contributed by atoms with Gasteiger partial charge in [-0.1, -0.05) is 36.4 Å². The van der Waals surface area contributed by atoms with Crippen molar-refractivity contribution in [2.75, 3.05) is 0 Å². The van der Waals surface area contributed by atoms with Crippen molar-refractivity contribution in [1.29, 1.82) is 0 Å². The number of carbonyl (C=O) groups is 2. The molecule has 0 aliphatic carbocycles. The van der Waals surface area contributed by atoms with Gasteiger partial charge in [0.1, 0.15) is 18.4 Å². The van der Waals surface area contributed by atoms with Crippen LogP contribution in [0.25, 0.3) is 11.1 Å². The molecule has 0 radical (unpaired) electrons. The van der Waals surface area contributed by atoms with E-state index in [1.54, 1.807) is 36.4 Å². The monoisotopic (exact) mass is 228 g/mol. The van der Waals surface area contributed by atoms with Crippen LogP contribution in [-0.2, 0) is 0 Å². The molecule has 0 amide bonds. The largest absolute Gasteiger partial charge is 0.298 e. The Hall–Kier alpha value is -2.29. The molecule has 2 aromatic carbocycles. The maximum Gasteiger partial charge on any atom is 0.150 e. The molecule has 3 heteroatoms. The zero-order valence-electron chi connectivity index (χ0n) is 8.89. The van der Waals surface area contributed by atoms with Crippen LogP contribution in [0.5, 0.6) is 0 Å². The molecule has 0 saturated carbocycles. The molecule has 0 fully saturated rings. The average molecular weight is 228 g/mol. The van der Waals surface area contributed by atoms with E-state index in [1.165, 1.54) is 6.07 Å². The van der Waals surface area contributed by atoms with Crippen molar-refractivity contribution < 1.29 is 14.0 Å². The molecule has 0 aliphatic rings. The van der Waals surface area contributed by atoms with Gasteiger partial charge >= 0.3 is 0 Å².